The van der Waals surface area contributed by atoms with E-state index in [9.17, 15) is 9.59 Å². The summed E-state index contributed by atoms with van der Waals surface area (Å²) in [6.45, 7) is 0. The second kappa shape index (κ2) is 7.96. The molecule has 0 spiro atoms. The van der Waals surface area contributed by atoms with E-state index in [4.69, 9.17) is 0 Å². The van der Waals surface area contributed by atoms with E-state index in [0.717, 1.165) is 24.2 Å². The summed E-state index contributed by atoms with van der Waals surface area (Å²) in [6.07, 6.45) is 1.92. The normalized spacial score (nSPS) is 12.9. The van der Waals surface area contributed by atoms with Crippen LogP contribution in [0.1, 0.15) is 23.2 Å². The predicted octanol–water partition coefficient (Wildman–Crippen LogP) is 5.03. The van der Waals surface area contributed by atoms with Crippen molar-refractivity contribution in [1.82, 2.24) is 0 Å². The molecule has 3 aromatic carbocycles. The minimum absolute atomic E-state index is 0.0538. The van der Waals surface area contributed by atoms with Crippen molar-refractivity contribution in [3.8, 4) is 0 Å². The molecule has 140 valence electrons. The molecule has 1 aliphatic carbocycles. The van der Waals surface area contributed by atoms with Gasteiger partial charge in [-0.15, -0.1) is 0 Å². The Balaban J connectivity index is 1.44. The molecule has 5 nitrogen and oxygen atoms in total. The quantitative estimate of drug-likeness (QED) is 0.569. The topological polar surface area (TPSA) is 70.2 Å². The lowest BCUT2D eigenvalue weighted by atomic mass is 10.1. The number of nitrogens with one attached hydrogen (secondary N) is 3. The lowest BCUT2D eigenvalue weighted by Gasteiger charge is -2.13. The van der Waals surface area contributed by atoms with Crippen molar-refractivity contribution in [2.75, 3.05) is 16.0 Å². The average Bonchev–Trinajstić information content (AvgIpc) is 3.56. The maximum absolute atomic E-state index is 12.6. The van der Waals surface area contributed by atoms with Gasteiger partial charge in [0.15, 0.2) is 0 Å². The Bertz CT molecular complexity index is 980. The van der Waals surface area contributed by atoms with Gasteiger partial charge < -0.3 is 16.0 Å². The predicted molar refractivity (Wildman–Crippen MR) is 112 cm³/mol. The maximum Gasteiger partial charge on any atom is 0.255 e. The third-order valence-corrected chi connectivity index (χ3v) is 4.59. The molecule has 28 heavy (non-hydrogen) atoms. The summed E-state index contributed by atoms with van der Waals surface area (Å²) < 4.78 is 0. The van der Waals surface area contributed by atoms with Crippen LogP contribution in [-0.4, -0.2) is 11.8 Å². The first-order valence-electron chi connectivity index (χ1n) is 9.32. The molecule has 0 saturated heterocycles. The first-order valence-corrected chi connectivity index (χ1v) is 9.32. The molecule has 1 aliphatic rings. The number of para-hydroxylation sites is 3. The zero-order valence-corrected chi connectivity index (χ0v) is 15.3. The third-order valence-electron chi connectivity index (χ3n) is 4.59. The Hall–Kier alpha value is -3.60. The smallest absolute Gasteiger partial charge is 0.255 e. The van der Waals surface area contributed by atoms with Crippen molar-refractivity contribution < 1.29 is 9.59 Å². The lowest BCUT2D eigenvalue weighted by Crippen LogP contribution is -2.15. The van der Waals surface area contributed by atoms with E-state index in [-0.39, 0.29) is 17.7 Å². The molecule has 0 atom stereocenters. The van der Waals surface area contributed by atoms with Gasteiger partial charge in [0.05, 0.1) is 11.4 Å². The van der Waals surface area contributed by atoms with Gasteiger partial charge in [-0.3, -0.25) is 9.59 Å². The Morgan fingerprint density at radius 1 is 0.679 bits per heavy atom. The van der Waals surface area contributed by atoms with E-state index in [0.29, 0.717) is 16.9 Å². The average molecular weight is 371 g/mol. The molecule has 4 rings (SSSR count). The number of carbonyl (C=O) groups is 2. The van der Waals surface area contributed by atoms with Crippen LogP contribution in [0.3, 0.4) is 0 Å². The van der Waals surface area contributed by atoms with Gasteiger partial charge in [-0.1, -0.05) is 30.3 Å². The maximum atomic E-state index is 12.6. The van der Waals surface area contributed by atoms with Gasteiger partial charge in [-0.2, -0.15) is 0 Å². The first-order chi connectivity index (χ1) is 13.7. The first kappa shape index (κ1) is 17.8. The number of hydrogen-bond donors (Lipinski definition) is 3. The Morgan fingerprint density at radius 2 is 1.32 bits per heavy atom. The molecule has 3 aromatic rings. The van der Waals surface area contributed by atoms with Crippen LogP contribution < -0.4 is 16.0 Å². The van der Waals surface area contributed by atoms with Crippen LogP contribution in [0.4, 0.5) is 22.7 Å². The fourth-order valence-electron chi connectivity index (χ4n) is 2.87. The Labute approximate surface area is 163 Å². The highest BCUT2D eigenvalue weighted by Gasteiger charge is 2.29. The highest BCUT2D eigenvalue weighted by Crippen LogP contribution is 2.30. The summed E-state index contributed by atoms with van der Waals surface area (Å²) in [5, 5.41) is 9.14. The number of benzene rings is 3. The van der Waals surface area contributed by atoms with Gasteiger partial charge in [-0.25, -0.2) is 0 Å². The zero-order chi connectivity index (χ0) is 19.3. The standard InChI is InChI=1S/C23H21N3O2/c27-22(16-10-11-16)25-19-14-12-17(13-15-19)23(28)26-21-9-5-4-8-20(21)24-18-6-2-1-3-7-18/h1-9,12-16,24H,10-11H2,(H,25,27)(H,26,28). The molecule has 5 heteroatoms. The summed E-state index contributed by atoms with van der Waals surface area (Å²) in [5.41, 5.74) is 3.69. The summed E-state index contributed by atoms with van der Waals surface area (Å²) in [4.78, 5) is 24.5. The van der Waals surface area contributed by atoms with Crippen molar-refractivity contribution in [2.24, 2.45) is 5.92 Å². The van der Waals surface area contributed by atoms with Crippen LogP contribution in [-0.2, 0) is 4.79 Å². The summed E-state index contributed by atoms with van der Waals surface area (Å²) in [5.74, 6) is -0.00270. The fourth-order valence-corrected chi connectivity index (χ4v) is 2.87. The van der Waals surface area contributed by atoms with E-state index in [1.54, 1.807) is 24.3 Å². The summed E-state index contributed by atoms with van der Waals surface area (Å²) in [6, 6.07) is 24.3. The van der Waals surface area contributed by atoms with Gasteiger partial charge in [0.25, 0.3) is 5.91 Å². The highest BCUT2D eigenvalue weighted by atomic mass is 16.2. The van der Waals surface area contributed by atoms with Crippen LogP contribution >= 0.6 is 0 Å². The molecule has 1 saturated carbocycles. The number of carbonyl (C=O) groups excluding carboxylic acids is 2. The van der Waals surface area contributed by atoms with E-state index < -0.39 is 0 Å². The zero-order valence-electron chi connectivity index (χ0n) is 15.3. The van der Waals surface area contributed by atoms with Gasteiger partial charge >= 0.3 is 0 Å². The van der Waals surface area contributed by atoms with Crippen LogP contribution in [0.5, 0.6) is 0 Å². The van der Waals surface area contributed by atoms with Crippen molar-refractivity contribution in [3.05, 3.63) is 84.4 Å². The van der Waals surface area contributed by atoms with Crippen LogP contribution in [0.15, 0.2) is 78.9 Å². The Kier molecular flexibility index (Phi) is 5.06. The molecule has 2 amide bonds. The number of hydrogen-bond acceptors (Lipinski definition) is 3. The number of rotatable bonds is 6. The van der Waals surface area contributed by atoms with Gasteiger partial charge in [-0.05, 0) is 61.4 Å². The third kappa shape index (κ3) is 4.38. The second-order valence-electron chi connectivity index (χ2n) is 6.83. The van der Waals surface area contributed by atoms with E-state index >= 15 is 0 Å². The van der Waals surface area contributed by atoms with E-state index in [1.165, 1.54) is 0 Å². The summed E-state index contributed by atoms with van der Waals surface area (Å²) >= 11 is 0. The molecule has 1 fully saturated rings. The van der Waals surface area contributed by atoms with E-state index in [2.05, 4.69) is 16.0 Å². The van der Waals surface area contributed by atoms with Crippen molar-refractivity contribution in [2.45, 2.75) is 12.8 Å². The number of amides is 2. The minimum Gasteiger partial charge on any atom is -0.354 e. The van der Waals surface area contributed by atoms with Gasteiger partial charge in [0, 0.05) is 22.9 Å². The van der Waals surface area contributed by atoms with Crippen molar-refractivity contribution in [3.63, 3.8) is 0 Å². The molecule has 0 unspecified atom stereocenters. The molecular weight excluding hydrogens is 350 g/mol. The summed E-state index contributed by atoms with van der Waals surface area (Å²) in [7, 11) is 0. The molecule has 3 N–H and O–H groups in total. The second-order valence-corrected chi connectivity index (χ2v) is 6.83. The fraction of sp³-hybridized carbons (Fsp3) is 0.130. The van der Waals surface area contributed by atoms with Crippen molar-refractivity contribution >= 4 is 34.6 Å². The molecule has 0 aromatic heterocycles. The molecule has 0 heterocycles. The number of anilines is 4. The van der Waals surface area contributed by atoms with Gasteiger partial charge in [0.1, 0.15) is 0 Å². The highest BCUT2D eigenvalue weighted by molar-refractivity contribution is 6.06. The Morgan fingerprint density at radius 3 is 2.00 bits per heavy atom. The molecular formula is C23H21N3O2. The van der Waals surface area contributed by atoms with Gasteiger partial charge in [0.2, 0.25) is 5.91 Å². The van der Waals surface area contributed by atoms with E-state index in [1.807, 2.05) is 54.6 Å². The lowest BCUT2D eigenvalue weighted by molar-refractivity contribution is -0.117. The molecule has 0 aliphatic heterocycles. The monoisotopic (exact) mass is 371 g/mol. The van der Waals surface area contributed by atoms with Crippen LogP contribution in [0, 0.1) is 5.92 Å². The molecule has 0 radical (unpaired) electrons. The van der Waals surface area contributed by atoms with Crippen molar-refractivity contribution in [1.29, 1.82) is 0 Å². The largest absolute Gasteiger partial charge is 0.354 e. The minimum atomic E-state index is -0.206. The van der Waals surface area contributed by atoms with Crippen LogP contribution in [0.2, 0.25) is 0 Å². The van der Waals surface area contributed by atoms with Crippen LogP contribution in [0.25, 0.3) is 0 Å². The SMILES string of the molecule is O=C(Nc1ccccc1Nc1ccccc1)c1ccc(NC(=O)C2CC2)cc1. The molecule has 0 bridgehead atoms.